The number of hydrogen-bond acceptors (Lipinski definition) is 2. The number of rotatable bonds is 3. The fourth-order valence-corrected chi connectivity index (χ4v) is 2.64. The monoisotopic (exact) mass is 339 g/mol. The van der Waals surface area contributed by atoms with Crippen LogP contribution in [0.3, 0.4) is 0 Å². The van der Waals surface area contributed by atoms with E-state index >= 15 is 0 Å². The lowest BCUT2D eigenvalue weighted by atomic mass is 9.95. The molecule has 2 aromatic rings. The van der Waals surface area contributed by atoms with Gasteiger partial charge in [-0.2, -0.15) is 0 Å². The van der Waals surface area contributed by atoms with Gasteiger partial charge in [0.05, 0.1) is 13.2 Å². The Morgan fingerprint density at radius 1 is 1.21 bits per heavy atom. The molecule has 100 valence electrons. The summed E-state index contributed by atoms with van der Waals surface area (Å²) in [6, 6.07) is 11.2. The Morgan fingerprint density at radius 3 is 2.63 bits per heavy atom. The SMILES string of the molecule is COc1ccc(Cl)cc1C(N)c1cccc(Br)c1C. The van der Waals surface area contributed by atoms with Crippen LogP contribution in [0, 0.1) is 6.92 Å². The third-order valence-corrected chi connectivity index (χ3v) is 4.27. The summed E-state index contributed by atoms with van der Waals surface area (Å²) in [5.74, 6) is 0.747. The average molecular weight is 341 g/mol. The van der Waals surface area contributed by atoms with E-state index in [0.717, 1.165) is 26.9 Å². The predicted octanol–water partition coefficient (Wildman–Crippen LogP) is 4.47. The summed E-state index contributed by atoms with van der Waals surface area (Å²) in [7, 11) is 1.63. The molecular formula is C15H15BrClNO. The molecule has 0 bridgehead atoms. The van der Waals surface area contributed by atoms with Gasteiger partial charge in [0.25, 0.3) is 0 Å². The van der Waals surface area contributed by atoms with Crippen LogP contribution in [0.15, 0.2) is 40.9 Å². The molecule has 4 heteroatoms. The summed E-state index contributed by atoms with van der Waals surface area (Å²) in [5.41, 5.74) is 9.43. The highest BCUT2D eigenvalue weighted by Crippen LogP contribution is 2.33. The van der Waals surface area contributed by atoms with Gasteiger partial charge in [-0.15, -0.1) is 0 Å². The van der Waals surface area contributed by atoms with E-state index in [2.05, 4.69) is 15.9 Å². The minimum Gasteiger partial charge on any atom is -0.496 e. The first-order chi connectivity index (χ1) is 9.04. The van der Waals surface area contributed by atoms with Crippen molar-refractivity contribution in [2.45, 2.75) is 13.0 Å². The Bertz CT molecular complexity index is 601. The second kappa shape index (κ2) is 5.95. The van der Waals surface area contributed by atoms with Crippen molar-refractivity contribution in [3.63, 3.8) is 0 Å². The van der Waals surface area contributed by atoms with Crippen molar-refractivity contribution in [3.8, 4) is 5.75 Å². The summed E-state index contributed by atoms with van der Waals surface area (Å²) in [4.78, 5) is 0. The van der Waals surface area contributed by atoms with E-state index in [9.17, 15) is 0 Å². The Kier molecular flexibility index (Phi) is 4.50. The molecule has 0 aliphatic rings. The number of benzene rings is 2. The van der Waals surface area contributed by atoms with Crippen molar-refractivity contribution >= 4 is 27.5 Å². The minimum atomic E-state index is -0.272. The maximum absolute atomic E-state index is 6.37. The number of halogens is 2. The Hall–Kier alpha value is -1.03. The van der Waals surface area contributed by atoms with Crippen LogP contribution in [-0.2, 0) is 0 Å². The van der Waals surface area contributed by atoms with E-state index in [1.807, 2.05) is 37.3 Å². The van der Waals surface area contributed by atoms with Gasteiger partial charge in [0, 0.05) is 15.1 Å². The zero-order valence-electron chi connectivity index (χ0n) is 10.8. The second-order valence-electron chi connectivity index (χ2n) is 4.32. The van der Waals surface area contributed by atoms with Crippen LogP contribution < -0.4 is 10.5 Å². The second-order valence-corrected chi connectivity index (χ2v) is 5.61. The van der Waals surface area contributed by atoms with Crippen LogP contribution in [0.1, 0.15) is 22.7 Å². The zero-order valence-corrected chi connectivity index (χ0v) is 13.1. The Morgan fingerprint density at radius 2 is 1.95 bits per heavy atom. The van der Waals surface area contributed by atoms with Crippen molar-refractivity contribution in [3.05, 3.63) is 62.6 Å². The van der Waals surface area contributed by atoms with Crippen molar-refractivity contribution in [1.29, 1.82) is 0 Å². The summed E-state index contributed by atoms with van der Waals surface area (Å²) in [5, 5.41) is 0.652. The van der Waals surface area contributed by atoms with Gasteiger partial charge >= 0.3 is 0 Å². The van der Waals surface area contributed by atoms with Crippen LogP contribution in [0.4, 0.5) is 0 Å². The maximum Gasteiger partial charge on any atom is 0.124 e. The number of ether oxygens (including phenoxy) is 1. The fraction of sp³-hybridized carbons (Fsp3) is 0.200. The van der Waals surface area contributed by atoms with E-state index in [1.165, 1.54) is 0 Å². The number of nitrogens with two attached hydrogens (primary N) is 1. The van der Waals surface area contributed by atoms with Gasteiger partial charge in [-0.05, 0) is 42.3 Å². The lowest BCUT2D eigenvalue weighted by molar-refractivity contribution is 0.408. The first kappa shape index (κ1) is 14.4. The molecule has 2 aromatic carbocycles. The Balaban J connectivity index is 2.52. The van der Waals surface area contributed by atoms with Gasteiger partial charge in [0.2, 0.25) is 0 Å². The maximum atomic E-state index is 6.37. The van der Waals surface area contributed by atoms with Crippen LogP contribution >= 0.6 is 27.5 Å². The van der Waals surface area contributed by atoms with E-state index in [1.54, 1.807) is 13.2 Å². The van der Waals surface area contributed by atoms with E-state index in [4.69, 9.17) is 22.1 Å². The summed E-state index contributed by atoms with van der Waals surface area (Å²) in [6.45, 7) is 2.04. The molecule has 0 heterocycles. The molecule has 0 aromatic heterocycles. The summed E-state index contributed by atoms with van der Waals surface area (Å²) < 4.78 is 6.41. The lowest BCUT2D eigenvalue weighted by Crippen LogP contribution is -2.14. The fourth-order valence-electron chi connectivity index (χ4n) is 2.08. The summed E-state index contributed by atoms with van der Waals surface area (Å²) in [6.07, 6.45) is 0. The third-order valence-electron chi connectivity index (χ3n) is 3.17. The highest BCUT2D eigenvalue weighted by atomic mass is 79.9. The smallest absolute Gasteiger partial charge is 0.124 e. The normalized spacial score (nSPS) is 12.3. The summed E-state index contributed by atoms with van der Waals surface area (Å²) >= 11 is 9.58. The number of methoxy groups -OCH3 is 1. The van der Waals surface area contributed by atoms with Crippen LogP contribution in [0.25, 0.3) is 0 Å². The molecular weight excluding hydrogens is 326 g/mol. The molecule has 1 unspecified atom stereocenters. The topological polar surface area (TPSA) is 35.2 Å². The molecule has 0 saturated heterocycles. The lowest BCUT2D eigenvalue weighted by Gasteiger charge is -2.19. The molecule has 0 spiro atoms. The molecule has 19 heavy (non-hydrogen) atoms. The quantitative estimate of drug-likeness (QED) is 0.895. The van der Waals surface area contributed by atoms with Crippen LogP contribution in [-0.4, -0.2) is 7.11 Å². The molecule has 2 nitrogen and oxygen atoms in total. The minimum absolute atomic E-state index is 0.272. The average Bonchev–Trinajstić information content (AvgIpc) is 2.41. The van der Waals surface area contributed by atoms with Crippen molar-refractivity contribution in [2.75, 3.05) is 7.11 Å². The van der Waals surface area contributed by atoms with E-state index in [-0.39, 0.29) is 6.04 Å². The molecule has 0 amide bonds. The van der Waals surface area contributed by atoms with Gasteiger partial charge < -0.3 is 10.5 Å². The van der Waals surface area contributed by atoms with Crippen LogP contribution in [0.5, 0.6) is 5.75 Å². The largest absolute Gasteiger partial charge is 0.496 e. The predicted molar refractivity (Wildman–Crippen MR) is 82.9 cm³/mol. The first-order valence-corrected chi connectivity index (χ1v) is 7.05. The van der Waals surface area contributed by atoms with Crippen LogP contribution in [0.2, 0.25) is 5.02 Å². The van der Waals surface area contributed by atoms with Gasteiger partial charge in [-0.3, -0.25) is 0 Å². The standard InChI is InChI=1S/C15H15BrClNO/c1-9-11(4-3-5-13(9)16)15(18)12-8-10(17)6-7-14(12)19-2/h3-8,15H,18H2,1-2H3. The third kappa shape index (κ3) is 2.94. The van der Waals surface area contributed by atoms with Crippen molar-refractivity contribution in [2.24, 2.45) is 5.73 Å². The van der Waals surface area contributed by atoms with E-state index < -0.39 is 0 Å². The first-order valence-electron chi connectivity index (χ1n) is 5.88. The highest BCUT2D eigenvalue weighted by Gasteiger charge is 2.17. The molecule has 0 radical (unpaired) electrons. The molecule has 2 rings (SSSR count). The molecule has 2 N–H and O–H groups in total. The molecule has 1 atom stereocenters. The van der Waals surface area contributed by atoms with Gasteiger partial charge in [-0.1, -0.05) is 39.7 Å². The van der Waals surface area contributed by atoms with Gasteiger partial charge in [-0.25, -0.2) is 0 Å². The molecule has 0 fully saturated rings. The van der Waals surface area contributed by atoms with Crippen molar-refractivity contribution < 1.29 is 4.74 Å². The Labute approximate surface area is 126 Å². The molecule has 0 saturated carbocycles. The van der Waals surface area contributed by atoms with Gasteiger partial charge in [0.15, 0.2) is 0 Å². The van der Waals surface area contributed by atoms with E-state index in [0.29, 0.717) is 5.02 Å². The highest BCUT2D eigenvalue weighted by molar-refractivity contribution is 9.10. The zero-order chi connectivity index (χ0) is 14.0. The van der Waals surface area contributed by atoms with Gasteiger partial charge in [0.1, 0.15) is 5.75 Å². The van der Waals surface area contributed by atoms with Crippen molar-refractivity contribution in [1.82, 2.24) is 0 Å². The molecule has 0 aliphatic carbocycles. The molecule has 0 aliphatic heterocycles. The number of hydrogen-bond donors (Lipinski definition) is 1.